The first-order chi connectivity index (χ1) is 12.5. The van der Waals surface area contributed by atoms with Crippen molar-refractivity contribution in [1.82, 2.24) is 4.98 Å². The molecule has 0 aliphatic heterocycles. The number of carbonyl (C=O) groups excluding carboxylic acids is 1. The average molecular weight is 380 g/mol. The predicted molar refractivity (Wildman–Crippen MR) is 106 cm³/mol. The quantitative estimate of drug-likeness (QED) is 0.520. The zero-order valence-corrected chi connectivity index (χ0v) is 16.0. The molecule has 0 unspecified atom stereocenters. The van der Waals surface area contributed by atoms with E-state index in [0.29, 0.717) is 21.7 Å². The van der Waals surface area contributed by atoms with E-state index in [4.69, 9.17) is 0 Å². The second kappa shape index (κ2) is 7.73. The number of carbonyl (C=O) groups is 1. The Morgan fingerprint density at radius 2 is 2.08 bits per heavy atom. The number of thiophene rings is 1. The smallest absolute Gasteiger partial charge is 0.249 e. The number of pyridine rings is 1. The van der Waals surface area contributed by atoms with Crippen LogP contribution in [0.25, 0.3) is 10.4 Å². The van der Waals surface area contributed by atoms with Gasteiger partial charge in [0.05, 0.1) is 16.3 Å². The lowest BCUT2D eigenvalue weighted by molar-refractivity contribution is 0.102. The number of ketones is 1. The maximum atomic E-state index is 12.6. The van der Waals surface area contributed by atoms with Gasteiger partial charge in [-0.3, -0.25) is 9.59 Å². The molecule has 2 heterocycles. The van der Waals surface area contributed by atoms with Crippen LogP contribution >= 0.6 is 23.1 Å². The van der Waals surface area contributed by atoms with Gasteiger partial charge in [-0.1, -0.05) is 41.6 Å². The first kappa shape index (κ1) is 18.2. The molecule has 2 aromatic heterocycles. The van der Waals surface area contributed by atoms with E-state index in [2.05, 4.69) is 11.1 Å². The Morgan fingerprint density at radius 3 is 2.73 bits per heavy atom. The van der Waals surface area contributed by atoms with Gasteiger partial charge < -0.3 is 4.98 Å². The zero-order valence-electron chi connectivity index (χ0n) is 14.3. The van der Waals surface area contributed by atoms with Crippen molar-refractivity contribution in [3.05, 3.63) is 74.4 Å². The third-order valence-corrected chi connectivity index (χ3v) is 5.84. The van der Waals surface area contributed by atoms with E-state index in [-0.39, 0.29) is 17.1 Å². The van der Waals surface area contributed by atoms with Crippen molar-refractivity contribution in [2.75, 3.05) is 5.75 Å². The first-order valence-corrected chi connectivity index (χ1v) is 9.80. The van der Waals surface area contributed by atoms with E-state index in [1.807, 2.05) is 49.6 Å². The van der Waals surface area contributed by atoms with Gasteiger partial charge in [0.1, 0.15) is 6.07 Å². The molecule has 0 bridgehead atoms. The molecule has 1 N–H and O–H groups in total. The van der Waals surface area contributed by atoms with E-state index in [1.165, 1.54) is 29.2 Å². The second-order valence-electron chi connectivity index (χ2n) is 5.87. The Hall–Kier alpha value is -2.62. The molecule has 26 heavy (non-hydrogen) atoms. The van der Waals surface area contributed by atoms with Crippen LogP contribution in [0.1, 0.15) is 27.0 Å². The number of H-pyrrole nitrogens is 1. The number of aromatic amines is 1. The molecule has 0 fully saturated rings. The average Bonchev–Trinajstić information content (AvgIpc) is 3.13. The van der Waals surface area contributed by atoms with E-state index < -0.39 is 0 Å². The maximum absolute atomic E-state index is 12.6. The number of Topliss-reactive ketones (excluding diaryl/α,β-unsaturated/α-hetero) is 1. The Kier molecular flexibility index (Phi) is 5.40. The van der Waals surface area contributed by atoms with Crippen molar-refractivity contribution in [2.24, 2.45) is 0 Å². The molecule has 0 amide bonds. The number of aryl methyl sites for hydroxylation is 2. The number of aromatic nitrogens is 1. The van der Waals surface area contributed by atoms with Crippen molar-refractivity contribution >= 4 is 28.9 Å². The van der Waals surface area contributed by atoms with E-state index in [0.717, 1.165) is 16.0 Å². The van der Waals surface area contributed by atoms with Gasteiger partial charge in [0.25, 0.3) is 0 Å². The fraction of sp³-hybridized carbons (Fsp3) is 0.150. The van der Waals surface area contributed by atoms with Crippen LogP contribution in [-0.4, -0.2) is 16.5 Å². The summed E-state index contributed by atoms with van der Waals surface area (Å²) >= 11 is 2.66. The van der Waals surface area contributed by atoms with E-state index in [9.17, 15) is 14.9 Å². The molecule has 0 saturated carbocycles. The van der Waals surface area contributed by atoms with Gasteiger partial charge in [0, 0.05) is 22.1 Å². The monoisotopic (exact) mass is 380 g/mol. The van der Waals surface area contributed by atoms with Crippen LogP contribution in [0.15, 0.2) is 51.6 Å². The molecule has 130 valence electrons. The van der Waals surface area contributed by atoms with Crippen LogP contribution in [0.2, 0.25) is 0 Å². The molecule has 0 radical (unpaired) electrons. The summed E-state index contributed by atoms with van der Waals surface area (Å²) in [6.45, 7) is 3.89. The minimum atomic E-state index is -0.283. The van der Waals surface area contributed by atoms with Crippen LogP contribution in [0, 0.1) is 25.2 Å². The minimum absolute atomic E-state index is 0.0289. The van der Waals surface area contributed by atoms with Crippen LogP contribution in [0.5, 0.6) is 0 Å². The summed E-state index contributed by atoms with van der Waals surface area (Å²) in [4.78, 5) is 28.1. The normalized spacial score (nSPS) is 10.5. The molecule has 6 heteroatoms. The lowest BCUT2D eigenvalue weighted by Gasteiger charge is -2.09. The number of hydrogen-bond acceptors (Lipinski definition) is 5. The summed E-state index contributed by atoms with van der Waals surface area (Å²) in [5, 5.41) is 11.9. The molecular formula is C20H16N2O2S2. The Morgan fingerprint density at radius 1 is 1.27 bits per heavy atom. The molecule has 0 spiro atoms. The van der Waals surface area contributed by atoms with Crippen molar-refractivity contribution in [1.29, 1.82) is 5.26 Å². The highest BCUT2D eigenvalue weighted by Crippen LogP contribution is 2.31. The molecule has 0 saturated heterocycles. The van der Waals surface area contributed by atoms with Gasteiger partial charge in [0.15, 0.2) is 5.78 Å². The van der Waals surface area contributed by atoms with Crippen LogP contribution in [-0.2, 0) is 0 Å². The standard InChI is InChI=1S/C20H16N2O2S2/c1-12-5-6-14(13(2)8-12)17(23)11-26-20-16(10-21)15(9-19(24)22-20)18-4-3-7-25-18/h3-9H,11H2,1-2H3,(H,22,24). The van der Waals surface area contributed by atoms with E-state index in [1.54, 1.807) is 0 Å². The topological polar surface area (TPSA) is 73.7 Å². The maximum Gasteiger partial charge on any atom is 0.249 e. The van der Waals surface area contributed by atoms with Gasteiger partial charge in [-0.05, 0) is 30.9 Å². The van der Waals surface area contributed by atoms with Crippen molar-refractivity contribution in [3.63, 3.8) is 0 Å². The number of nitrogens with zero attached hydrogens (tertiary/aromatic N) is 1. The molecule has 0 aliphatic rings. The van der Waals surface area contributed by atoms with Crippen LogP contribution < -0.4 is 5.56 Å². The Labute approximate surface area is 159 Å². The molecule has 3 aromatic rings. The molecule has 1 aromatic carbocycles. The third kappa shape index (κ3) is 3.79. The zero-order chi connectivity index (χ0) is 18.7. The van der Waals surface area contributed by atoms with Crippen LogP contribution in [0.3, 0.4) is 0 Å². The first-order valence-electron chi connectivity index (χ1n) is 7.94. The third-order valence-electron chi connectivity index (χ3n) is 3.94. The van der Waals surface area contributed by atoms with E-state index >= 15 is 0 Å². The van der Waals surface area contributed by atoms with Gasteiger partial charge >= 0.3 is 0 Å². The number of benzene rings is 1. The minimum Gasteiger partial charge on any atom is -0.316 e. The Balaban J connectivity index is 1.90. The number of thioether (sulfide) groups is 1. The van der Waals surface area contributed by atoms with Crippen LogP contribution in [0.4, 0.5) is 0 Å². The number of hydrogen-bond donors (Lipinski definition) is 1. The summed E-state index contributed by atoms with van der Waals surface area (Å²) < 4.78 is 0. The lowest BCUT2D eigenvalue weighted by Crippen LogP contribution is -2.10. The van der Waals surface area contributed by atoms with Gasteiger partial charge in [0.2, 0.25) is 5.56 Å². The summed E-state index contributed by atoms with van der Waals surface area (Å²) in [5.74, 6) is 0.126. The lowest BCUT2D eigenvalue weighted by atomic mass is 10.0. The van der Waals surface area contributed by atoms with Gasteiger partial charge in [-0.2, -0.15) is 5.26 Å². The fourth-order valence-electron chi connectivity index (χ4n) is 2.72. The van der Waals surface area contributed by atoms with Crippen molar-refractivity contribution < 1.29 is 4.79 Å². The summed E-state index contributed by atoms with van der Waals surface area (Å²) in [7, 11) is 0. The second-order valence-corrected chi connectivity index (χ2v) is 7.80. The molecular weight excluding hydrogens is 364 g/mol. The Bertz CT molecular complexity index is 1060. The molecule has 0 atom stereocenters. The highest BCUT2D eigenvalue weighted by atomic mass is 32.2. The number of rotatable bonds is 5. The molecule has 0 aliphatic carbocycles. The highest BCUT2D eigenvalue weighted by molar-refractivity contribution is 8.00. The molecule has 3 rings (SSSR count). The van der Waals surface area contributed by atoms with Crippen molar-refractivity contribution in [3.8, 4) is 16.5 Å². The summed E-state index contributed by atoms with van der Waals surface area (Å²) in [5.41, 5.74) is 3.41. The summed E-state index contributed by atoms with van der Waals surface area (Å²) in [6.07, 6.45) is 0. The highest BCUT2D eigenvalue weighted by Gasteiger charge is 2.16. The van der Waals surface area contributed by atoms with Gasteiger partial charge in [-0.25, -0.2) is 0 Å². The number of nitrogens with one attached hydrogen (secondary N) is 1. The van der Waals surface area contributed by atoms with Gasteiger partial charge in [-0.15, -0.1) is 11.3 Å². The predicted octanol–water partition coefficient (Wildman–Crippen LogP) is 4.57. The fourth-order valence-corrected chi connectivity index (χ4v) is 4.38. The SMILES string of the molecule is Cc1ccc(C(=O)CSc2[nH]c(=O)cc(-c3cccs3)c2C#N)c(C)c1. The summed E-state index contributed by atoms with van der Waals surface area (Å²) in [6, 6.07) is 13.0. The van der Waals surface area contributed by atoms with Crippen molar-refractivity contribution in [2.45, 2.75) is 18.9 Å². The number of nitriles is 1. The molecule has 4 nitrogen and oxygen atoms in total. The largest absolute Gasteiger partial charge is 0.316 e.